The van der Waals surface area contributed by atoms with E-state index in [0.717, 1.165) is 12.1 Å². The van der Waals surface area contributed by atoms with Crippen LogP contribution in [0.2, 0.25) is 5.02 Å². The molecule has 0 aliphatic carbocycles. The normalized spacial score (nSPS) is 17.1. The molecule has 0 atom stereocenters. The highest BCUT2D eigenvalue weighted by Gasteiger charge is 2.34. The van der Waals surface area contributed by atoms with E-state index < -0.39 is 11.7 Å². The first kappa shape index (κ1) is 13.2. The van der Waals surface area contributed by atoms with Gasteiger partial charge in [0.05, 0.1) is 17.1 Å². The van der Waals surface area contributed by atoms with Gasteiger partial charge in [0.15, 0.2) is 0 Å². The number of benzene rings is 1. The maximum absolute atomic E-state index is 12.7. The van der Waals surface area contributed by atoms with Gasteiger partial charge in [0, 0.05) is 18.8 Å². The van der Waals surface area contributed by atoms with Gasteiger partial charge in [-0.1, -0.05) is 11.6 Å². The minimum atomic E-state index is -4.52. The average Bonchev–Trinajstić information content (AvgIpc) is 2.29. The summed E-state index contributed by atoms with van der Waals surface area (Å²) in [7, 11) is 0. The van der Waals surface area contributed by atoms with Crippen LogP contribution in [0.1, 0.15) is 5.56 Å². The number of nitrogens with one attached hydrogen (secondary N) is 1. The van der Waals surface area contributed by atoms with E-state index >= 15 is 0 Å². The lowest BCUT2D eigenvalue weighted by molar-refractivity contribution is -0.137. The van der Waals surface area contributed by atoms with Crippen LogP contribution in [0.5, 0.6) is 0 Å². The monoisotopic (exact) mass is 278 g/mol. The molecule has 0 bridgehead atoms. The second-order valence-corrected chi connectivity index (χ2v) is 4.29. The molecule has 1 amide bonds. The third-order valence-corrected chi connectivity index (χ3v) is 2.99. The molecular formula is C11H10ClF3N2O. The fourth-order valence-corrected chi connectivity index (χ4v) is 2.00. The van der Waals surface area contributed by atoms with Gasteiger partial charge >= 0.3 is 6.18 Å². The largest absolute Gasteiger partial charge is 0.417 e. The number of nitrogens with zero attached hydrogens (tertiary/aromatic N) is 1. The van der Waals surface area contributed by atoms with Crippen molar-refractivity contribution in [1.82, 2.24) is 5.32 Å². The van der Waals surface area contributed by atoms with Gasteiger partial charge in [-0.3, -0.25) is 4.79 Å². The Morgan fingerprint density at radius 1 is 1.33 bits per heavy atom. The summed E-state index contributed by atoms with van der Waals surface area (Å²) < 4.78 is 38.1. The van der Waals surface area contributed by atoms with Crippen LogP contribution >= 0.6 is 11.6 Å². The highest BCUT2D eigenvalue weighted by molar-refractivity contribution is 6.31. The second kappa shape index (κ2) is 4.78. The zero-order valence-corrected chi connectivity index (χ0v) is 9.98. The number of hydrogen-bond acceptors (Lipinski definition) is 2. The number of piperazine rings is 1. The first-order valence-electron chi connectivity index (χ1n) is 5.27. The molecule has 0 spiro atoms. The predicted octanol–water partition coefficient (Wildman–Crippen LogP) is 2.30. The number of amides is 1. The lowest BCUT2D eigenvalue weighted by Gasteiger charge is -2.28. The minimum Gasteiger partial charge on any atom is -0.310 e. The van der Waals surface area contributed by atoms with Crippen LogP contribution in [0, 0.1) is 0 Å². The number of alkyl halides is 3. The maximum atomic E-state index is 12.7. The van der Waals surface area contributed by atoms with Crippen molar-refractivity contribution in [2.45, 2.75) is 6.18 Å². The third kappa shape index (κ3) is 2.59. The Morgan fingerprint density at radius 2 is 2.06 bits per heavy atom. The zero-order chi connectivity index (χ0) is 13.3. The van der Waals surface area contributed by atoms with Gasteiger partial charge in [-0.25, -0.2) is 0 Å². The van der Waals surface area contributed by atoms with Gasteiger partial charge in [0.2, 0.25) is 5.91 Å². The van der Waals surface area contributed by atoms with Crippen LogP contribution in [0.25, 0.3) is 0 Å². The molecule has 0 saturated carbocycles. The molecule has 1 N–H and O–H groups in total. The predicted molar refractivity (Wildman–Crippen MR) is 61.7 cm³/mol. The minimum absolute atomic E-state index is 0.129. The molecule has 18 heavy (non-hydrogen) atoms. The van der Waals surface area contributed by atoms with Gasteiger partial charge in [-0.05, 0) is 18.2 Å². The van der Waals surface area contributed by atoms with E-state index in [1.807, 2.05) is 0 Å². The number of halogens is 4. The number of anilines is 1. The van der Waals surface area contributed by atoms with E-state index in [1.54, 1.807) is 0 Å². The first-order chi connectivity index (χ1) is 8.39. The Balaban J connectivity index is 2.37. The Hall–Kier alpha value is -1.27. The van der Waals surface area contributed by atoms with Crippen LogP contribution < -0.4 is 10.2 Å². The number of hydrogen-bond donors (Lipinski definition) is 1. The van der Waals surface area contributed by atoms with E-state index in [-0.39, 0.29) is 23.2 Å². The van der Waals surface area contributed by atoms with E-state index in [1.165, 1.54) is 11.0 Å². The van der Waals surface area contributed by atoms with Crippen molar-refractivity contribution in [3.63, 3.8) is 0 Å². The van der Waals surface area contributed by atoms with Gasteiger partial charge < -0.3 is 10.2 Å². The van der Waals surface area contributed by atoms with Crippen LogP contribution in [-0.4, -0.2) is 25.5 Å². The molecule has 1 aliphatic heterocycles. The molecule has 0 radical (unpaired) electrons. The number of rotatable bonds is 1. The van der Waals surface area contributed by atoms with Gasteiger partial charge in [0.25, 0.3) is 0 Å². The molecule has 1 aliphatic rings. The highest BCUT2D eigenvalue weighted by atomic mass is 35.5. The number of carbonyl (C=O) groups is 1. The molecule has 7 heteroatoms. The van der Waals surface area contributed by atoms with Crippen LogP contribution in [0.3, 0.4) is 0 Å². The smallest absolute Gasteiger partial charge is 0.310 e. The topological polar surface area (TPSA) is 32.3 Å². The third-order valence-electron chi connectivity index (χ3n) is 2.66. The summed E-state index contributed by atoms with van der Waals surface area (Å²) in [6.45, 7) is 1.03. The second-order valence-electron chi connectivity index (χ2n) is 3.88. The van der Waals surface area contributed by atoms with Gasteiger partial charge in [-0.15, -0.1) is 0 Å². The van der Waals surface area contributed by atoms with Gasteiger partial charge in [0.1, 0.15) is 0 Å². The summed E-state index contributed by atoms with van der Waals surface area (Å²) in [5, 5.41) is 2.48. The lowest BCUT2D eigenvalue weighted by atomic mass is 10.1. The van der Waals surface area contributed by atoms with Gasteiger partial charge in [-0.2, -0.15) is 13.2 Å². The van der Waals surface area contributed by atoms with Crippen molar-refractivity contribution in [1.29, 1.82) is 0 Å². The standard InChI is InChI=1S/C11H10ClF3N2O/c12-9-2-1-7(5-8(9)11(13,14)15)17-4-3-16-6-10(17)18/h1-2,5,16H,3-4,6H2. The lowest BCUT2D eigenvalue weighted by Crippen LogP contribution is -2.48. The van der Waals surface area contributed by atoms with E-state index in [2.05, 4.69) is 5.32 Å². The van der Waals surface area contributed by atoms with Crippen molar-refractivity contribution in [3.05, 3.63) is 28.8 Å². The molecule has 2 rings (SSSR count). The molecule has 98 valence electrons. The summed E-state index contributed by atoms with van der Waals surface area (Å²) in [6, 6.07) is 3.49. The maximum Gasteiger partial charge on any atom is 0.417 e. The Bertz CT molecular complexity index is 476. The summed E-state index contributed by atoms with van der Waals surface area (Å²) in [4.78, 5) is 12.9. The summed E-state index contributed by atoms with van der Waals surface area (Å²) >= 11 is 5.52. The zero-order valence-electron chi connectivity index (χ0n) is 9.22. The van der Waals surface area contributed by atoms with Crippen LogP contribution in [0.15, 0.2) is 18.2 Å². The molecule has 1 saturated heterocycles. The molecule has 1 aromatic carbocycles. The Labute approximate surface area is 107 Å². The number of carbonyl (C=O) groups excluding carboxylic acids is 1. The molecule has 0 aromatic heterocycles. The Morgan fingerprint density at radius 3 is 2.67 bits per heavy atom. The fraction of sp³-hybridized carbons (Fsp3) is 0.364. The molecule has 0 unspecified atom stereocenters. The van der Waals surface area contributed by atoms with E-state index in [9.17, 15) is 18.0 Å². The average molecular weight is 279 g/mol. The molecule has 3 nitrogen and oxygen atoms in total. The van der Waals surface area contributed by atoms with Crippen LogP contribution in [0.4, 0.5) is 18.9 Å². The molecule has 1 fully saturated rings. The first-order valence-corrected chi connectivity index (χ1v) is 5.65. The van der Waals surface area contributed by atoms with Crippen molar-refractivity contribution in [3.8, 4) is 0 Å². The molecule has 1 heterocycles. The summed E-state index contributed by atoms with van der Waals surface area (Å²) in [5.41, 5.74) is -0.703. The molecule has 1 aromatic rings. The SMILES string of the molecule is O=C1CNCCN1c1ccc(Cl)c(C(F)(F)F)c1. The highest BCUT2D eigenvalue weighted by Crippen LogP contribution is 2.37. The quantitative estimate of drug-likeness (QED) is 0.855. The van der Waals surface area contributed by atoms with Crippen molar-refractivity contribution < 1.29 is 18.0 Å². The van der Waals surface area contributed by atoms with Crippen molar-refractivity contribution >= 4 is 23.2 Å². The van der Waals surface area contributed by atoms with E-state index in [4.69, 9.17) is 11.6 Å². The van der Waals surface area contributed by atoms with Crippen molar-refractivity contribution in [2.75, 3.05) is 24.5 Å². The van der Waals surface area contributed by atoms with E-state index in [0.29, 0.717) is 13.1 Å². The fourth-order valence-electron chi connectivity index (χ4n) is 1.78. The van der Waals surface area contributed by atoms with Crippen molar-refractivity contribution in [2.24, 2.45) is 0 Å². The van der Waals surface area contributed by atoms with Crippen LogP contribution in [-0.2, 0) is 11.0 Å². The summed E-state index contributed by atoms with van der Waals surface area (Å²) in [5.74, 6) is -0.253. The summed E-state index contributed by atoms with van der Waals surface area (Å²) in [6.07, 6.45) is -4.52. The molecular weight excluding hydrogens is 269 g/mol. The Kier molecular flexibility index (Phi) is 3.49.